The molecule has 0 bridgehead atoms. The van der Waals surface area contributed by atoms with Crippen molar-refractivity contribution >= 4 is 44.6 Å². The first-order valence-electron chi connectivity index (χ1n) is 8.84. The predicted octanol–water partition coefficient (Wildman–Crippen LogP) is 3.52. The minimum absolute atomic E-state index is 0.0483. The quantitative estimate of drug-likeness (QED) is 0.660. The van der Waals surface area contributed by atoms with Crippen LogP contribution >= 0.6 is 22.9 Å². The van der Waals surface area contributed by atoms with Crippen molar-refractivity contribution in [3.8, 4) is 0 Å². The molecule has 27 heavy (non-hydrogen) atoms. The first-order chi connectivity index (χ1) is 13.0. The summed E-state index contributed by atoms with van der Waals surface area (Å²) in [6, 6.07) is 9.67. The maximum Gasteiger partial charge on any atom is 0.259 e. The van der Waals surface area contributed by atoms with Crippen LogP contribution < -0.4 is 10.5 Å². The SMILES string of the molecule is Cc1sc2ccn(C)c(=O)c2c1C(=O)N1CCN(c2cccc(Cl)c2)CC1. The molecule has 0 spiro atoms. The standard InChI is InChI=1S/C20H20ClN3O2S/c1-13-17(18-16(27-13)6-7-22(2)19(18)25)20(26)24-10-8-23(9-11-24)15-5-3-4-14(21)12-15/h3-7,12H,8-11H2,1-2H3. The number of piperazine rings is 1. The van der Waals surface area contributed by atoms with E-state index in [2.05, 4.69) is 4.90 Å². The lowest BCUT2D eigenvalue weighted by atomic mass is 10.1. The molecule has 0 saturated carbocycles. The minimum Gasteiger partial charge on any atom is -0.368 e. The highest BCUT2D eigenvalue weighted by atomic mass is 35.5. The lowest BCUT2D eigenvalue weighted by Crippen LogP contribution is -2.49. The average molecular weight is 402 g/mol. The maximum atomic E-state index is 13.2. The molecular weight excluding hydrogens is 382 g/mol. The van der Waals surface area contributed by atoms with Gasteiger partial charge in [-0.05, 0) is 31.2 Å². The van der Waals surface area contributed by atoms with Gasteiger partial charge in [-0.15, -0.1) is 11.3 Å². The molecule has 4 rings (SSSR count). The van der Waals surface area contributed by atoms with Crippen molar-refractivity contribution in [2.45, 2.75) is 6.92 Å². The number of hydrogen-bond donors (Lipinski definition) is 0. The van der Waals surface area contributed by atoms with Crippen LogP contribution in [-0.2, 0) is 7.05 Å². The summed E-state index contributed by atoms with van der Waals surface area (Å²) < 4.78 is 2.40. The summed E-state index contributed by atoms with van der Waals surface area (Å²) in [7, 11) is 1.72. The Morgan fingerprint density at radius 1 is 1.15 bits per heavy atom. The van der Waals surface area contributed by atoms with Crippen LogP contribution in [0, 0.1) is 6.92 Å². The van der Waals surface area contributed by atoms with Gasteiger partial charge in [0.2, 0.25) is 0 Å². The number of fused-ring (bicyclic) bond motifs is 1. The Labute approximate surface area is 166 Å². The molecule has 0 radical (unpaired) electrons. The number of aryl methyl sites for hydroxylation is 2. The second kappa shape index (κ2) is 7.02. The van der Waals surface area contributed by atoms with Gasteiger partial charge in [-0.2, -0.15) is 0 Å². The van der Waals surface area contributed by atoms with E-state index in [0.717, 1.165) is 28.4 Å². The third-order valence-electron chi connectivity index (χ3n) is 5.05. The molecule has 3 heterocycles. The van der Waals surface area contributed by atoms with E-state index in [1.165, 1.54) is 15.9 Å². The number of hydrogen-bond acceptors (Lipinski definition) is 4. The Balaban J connectivity index is 1.59. The molecule has 1 amide bonds. The van der Waals surface area contributed by atoms with Crippen LogP contribution in [0.4, 0.5) is 5.69 Å². The lowest BCUT2D eigenvalue weighted by Gasteiger charge is -2.36. The molecule has 1 saturated heterocycles. The van der Waals surface area contributed by atoms with Gasteiger partial charge >= 0.3 is 0 Å². The number of aromatic nitrogens is 1. The zero-order valence-corrected chi connectivity index (χ0v) is 16.8. The summed E-state index contributed by atoms with van der Waals surface area (Å²) in [6.07, 6.45) is 1.75. The smallest absolute Gasteiger partial charge is 0.259 e. The van der Waals surface area contributed by atoms with Crippen molar-refractivity contribution < 1.29 is 4.79 Å². The van der Waals surface area contributed by atoms with E-state index in [0.29, 0.717) is 29.1 Å². The van der Waals surface area contributed by atoms with Crippen molar-refractivity contribution in [1.82, 2.24) is 9.47 Å². The molecule has 5 nitrogen and oxygen atoms in total. The minimum atomic E-state index is -0.113. The van der Waals surface area contributed by atoms with Gasteiger partial charge in [-0.25, -0.2) is 0 Å². The third-order valence-corrected chi connectivity index (χ3v) is 6.35. The summed E-state index contributed by atoms with van der Waals surface area (Å²) in [4.78, 5) is 30.8. The zero-order chi connectivity index (χ0) is 19.1. The number of carbonyl (C=O) groups is 1. The van der Waals surface area contributed by atoms with Gasteiger partial charge in [0.25, 0.3) is 11.5 Å². The van der Waals surface area contributed by atoms with Gasteiger partial charge in [0.05, 0.1) is 10.9 Å². The van der Waals surface area contributed by atoms with Crippen molar-refractivity contribution in [3.05, 3.63) is 62.3 Å². The van der Waals surface area contributed by atoms with Gasteiger partial charge in [0.15, 0.2) is 0 Å². The topological polar surface area (TPSA) is 45.6 Å². The largest absolute Gasteiger partial charge is 0.368 e. The number of thiophene rings is 1. The summed E-state index contributed by atoms with van der Waals surface area (Å²) >= 11 is 7.60. The molecule has 1 aliphatic heterocycles. The fourth-order valence-corrected chi connectivity index (χ4v) is 4.80. The summed E-state index contributed by atoms with van der Waals surface area (Å²) in [6.45, 7) is 4.64. The molecule has 3 aromatic rings. The van der Waals surface area contributed by atoms with E-state index in [4.69, 9.17) is 11.6 Å². The van der Waals surface area contributed by atoms with E-state index >= 15 is 0 Å². The fraction of sp³-hybridized carbons (Fsp3) is 0.300. The highest BCUT2D eigenvalue weighted by molar-refractivity contribution is 7.19. The third kappa shape index (κ3) is 3.24. The molecule has 7 heteroatoms. The van der Waals surface area contributed by atoms with Gasteiger partial charge in [-0.1, -0.05) is 17.7 Å². The summed E-state index contributed by atoms with van der Waals surface area (Å²) in [5.41, 5.74) is 1.52. The average Bonchev–Trinajstić information content (AvgIpc) is 3.01. The second-order valence-electron chi connectivity index (χ2n) is 6.76. The van der Waals surface area contributed by atoms with Crippen LogP contribution in [0.5, 0.6) is 0 Å². The van der Waals surface area contributed by atoms with Crippen molar-refractivity contribution in [3.63, 3.8) is 0 Å². The molecule has 0 unspecified atom stereocenters. The molecular formula is C20H20ClN3O2S. The Morgan fingerprint density at radius 3 is 2.59 bits per heavy atom. The second-order valence-corrected chi connectivity index (χ2v) is 8.46. The van der Waals surface area contributed by atoms with E-state index in [1.54, 1.807) is 13.2 Å². The Kier molecular flexibility index (Phi) is 4.70. The number of rotatable bonds is 2. The Bertz CT molecular complexity index is 1080. The molecule has 1 aliphatic rings. The number of halogens is 1. The van der Waals surface area contributed by atoms with Crippen LogP contribution in [-0.4, -0.2) is 41.6 Å². The molecule has 2 aromatic heterocycles. The number of amides is 1. The van der Waals surface area contributed by atoms with Gasteiger partial charge in [0.1, 0.15) is 0 Å². The van der Waals surface area contributed by atoms with Crippen LogP contribution in [0.1, 0.15) is 15.2 Å². The molecule has 0 N–H and O–H groups in total. The van der Waals surface area contributed by atoms with Crippen LogP contribution in [0.25, 0.3) is 10.1 Å². The molecule has 1 fully saturated rings. The summed E-state index contributed by atoms with van der Waals surface area (Å²) in [5, 5.41) is 1.26. The van der Waals surface area contributed by atoms with Gasteiger partial charge < -0.3 is 14.4 Å². The predicted molar refractivity (Wildman–Crippen MR) is 111 cm³/mol. The lowest BCUT2D eigenvalue weighted by molar-refractivity contribution is 0.0748. The number of nitrogens with zero attached hydrogens (tertiary/aromatic N) is 3. The van der Waals surface area contributed by atoms with E-state index in [9.17, 15) is 9.59 Å². The number of benzene rings is 1. The number of carbonyl (C=O) groups excluding carboxylic acids is 1. The highest BCUT2D eigenvalue weighted by Gasteiger charge is 2.27. The van der Waals surface area contributed by atoms with E-state index in [-0.39, 0.29) is 11.5 Å². The first kappa shape index (κ1) is 18.1. The van der Waals surface area contributed by atoms with Crippen LogP contribution in [0.3, 0.4) is 0 Å². The molecule has 0 aliphatic carbocycles. The fourth-order valence-electron chi connectivity index (χ4n) is 3.58. The monoisotopic (exact) mass is 401 g/mol. The van der Waals surface area contributed by atoms with Crippen LogP contribution in [0.15, 0.2) is 41.3 Å². The van der Waals surface area contributed by atoms with Gasteiger partial charge in [-0.3, -0.25) is 9.59 Å². The molecule has 0 atom stereocenters. The molecule has 1 aromatic carbocycles. The van der Waals surface area contributed by atoms with Crippen LogP contribution in [0.2, 0.25) is 5.02 Å². The van der Waals surface area contributed by atoms with Crippen molar-refractivity contribution in [2.24, 2.45) is 7.05 Å². The van der Waals surface area contributed by atoms with Gasteiger partial charge in [0, 0.05) is 59.7 Å². The molecule has 140 valence electrons. The van der Waals surface area contributed by atoms with E-state index in [1.807, 2.05) is 42.2 Å². The first-order valence-corrected chi connectivity index (χ1v) is 10.0. The Morgan fingerprint density at radius 2 is 1.89 bits per heavy atom. The normalized spacial score (nSPS) is 14.8. The van der Waals surface area contributed by atoms with Crippen molar-refractivity contribution in [2.75, 3.05) is 31.1 Å². The Hall–Kier alpha value is -2.31. The number of anilines is 1. The van der Waals surface area contributed by atoms with Crippen molar-refractivity contribution in [1.29, 1.82) is 0 Å². The summed E-state index contributed by atoms with van der Waals surface area (Å²) in [5.74, 6) is -0.0483. The maximum absolute atomic E-state index is 13.2. The zero-order valence-electron chi connectivity index (χ0n) is 15.2. The number of pyridine rings is 1. The highest BCUT2D eigenvalue weighted by Crippen LogP contribution is 2.30. The van der Waals surface area contributed by atoms with E-state index < -0.39 is 0 Å².